The molecular weight excluding hydrogens is 147 g/mol. The molecule has 0 amide bonds. The largest absolute Gasteiger partial charge is 0.328 e. The Morgan fingerprint density at radius 3 is 2.20 bits per heavy atom. The second-order valence-electron chi connectivity index (χ2n) is 1.80. The van der Waals surface area contributed by atoms with Crippen LogP contribution in [-0.4, -0.2) is 6.10 Å². The van der Waals surface area contributed by atoms with Crippen LogP contribution in [0, 0.1) is 0 Å². The molecule has 0 aromatic heterocycles. The lowest BCUT2D eigenvalue weighted by molar-refractivity contribution is 0.322. The van der Waals surface area contributed by atoms with E-state index in [9.17, 15) is 4.57 Å². The van der Waals surface area contributed by atoms with Gasteiger partial charge in [0.1, 0.15) is 6.10 Å². The summed E-state index contributed by atoms with van der Waals surface area (Å²) in [5, 5.41) is 0. The molecule has 0 unspecified atom stereocenters. The van der Waals surface area contributed by atoms with E-state index in [0.29, 0.717) is 0 Å². The van der Waals surface area contributed by atoms with Crippen LogP contribution in [-0.2, 0) is 9.09 Å². The van der Waals surface area contributed by atoms with Gasteiger partial charge in [0.25, 0.3) is 0 Å². The van der Waals surface area contributed by atoms with Crippen LogP contribution in [0.3, 0.4) is 0 Å². The standard InChI is InChI=1S/C7H7O2P/c8-10-9-7-5-3-1-2-4-6-7/h1-7H. The van der Waals surface area contributed by atoms with Gasteiger partial charge in [-0.25, -0.2) is 4.57 Å². The summed E-state index contributed by atoms with van der Waals surface area (Å²) in [7, 11) is -0.279. The average molecular weight is 154 g/mol. The molecule has 2 nitrogen and oxygen atoms in total. The first-order valence-corrected chi connectivity index (χ1v) is 3.66. The third-order valence-electron chi connectivity index (χ3n) is 1.10. The summed E-state index contributed by atoms with van der Waals surface area (Å²) in [6.45, 7) is 0. The van der Waals surface area contributed by atoms with Crippen LogP contribution in [0.25, 0.3) is 0 Å². The zero-order valence-corrected chi connectivity index (χ0v) is 6.20. The molecule has 0 N–H and O–H groups in total. The lowest BCUT2D eigenvalue weighted by Crippen LogP contribution is -1.96. The summed E-state index contributed by atoms with van der Waals surface area (Å²) in [4.78, 5) is 0. The third-order valence-corrected chi connectivity index (χ3v) is 1.43. The van der Waals surface area contributed by atoms with Crippen LogP contribution in [0.2, 0.25) is 0 Å². The number of allylic oxidation sites excluding steroid dienone is 4. The van der Waals surface area contributed by atoms with Crippen molar-refractivity contribution in [2.24, 2.45) is 0 Å². The molecule has 1 aliphatic carbocycles. The van der Waals surface area contributed by atoms with Gasteiger partial charge in [-0.3, -0.25) is 4.52 Å². The van der Waals surface area contributed by atoms with Crippen LogP contribution in [0.15, 0.2) is 36.5 Å². The van der Waals surface area contributed by atoms with Crippen molar-refractivity contribution in [1.29, 1.82) is 0 Å². The average Bonchev–Trinajstić information content (AvgIpc) is 2.17. The van der Waals surface area contributed by atoms with Crippen molar-refractivity contribution >= 4 is 8.69 Å². The first-order chi connectivity index (χ1) is 4.93. The summed E-state index contributed by atoms with van der Waals surface area (Å²) >= 11 is 0. The highest BCUT2D eigenvalue weighted by Gasteiger charge is 1.98. The van der Waals surface area contributed by atoms with E-state index in [4.69, 9.17) is 4.52 Å². The zero-order chi connectivity index (χ0) is 7.23. The van der Waals surface area contributed by atoms with Crippen LogP contribution in [0.4, 0.5) is 0 Å². The highest BCUT2D eigenvalue weighted by atomic mass is 31.1. The lowest BCUT2D eigenvalue weighted by Gasteiger charge is -1.98. The molecular formula is C7H7O2P. The molecule has 0 bridgehead atoms. The smallest absolute Gasteiger partial charge is 0.283 e. The molecule has 0 fully saturated rings. The fourth-order valence-corrected chi connectivity index (χ4v) is 0.900. The summed E-state index contributed by atoms with van der Waals surface area (Å²) < 4.78 is 14.7. The van der Waals surface area contributed by atoms with Gasteiger partial charge in [0.05, 0.1) is 0 Å². The normalized spacial score (nSPS) is 18.0. The van der Waals surface area contributed by atoms with Gasteiger partial charge in [-0.05, 0) is 0 Å². The molecule has 0 aromatic rings. The molecule has 3 heteroatoms. The van der Waals surface area contributed by atoms with E-state index in [-0.39, 0.29) is 14.8 Å². The van der Waals surface area contributed by atoms with Crippen LogP contribution in [0.1, 0.15) is 0 Å². The van der Waals surface area contributed by atoms with Crippen molar-refractivity contribution < 1.29 is 9.09 Å². The van der Waals surface area contributed by atoms with Gasteiger partial charge < -0.3 is 0 Å². The molecule has 0 atom stereocenters. The van der Waals surface area contributed by atoms with Crippen molar-refractivity contribution in [1.82, 2.24) is 0 Å². The summed E-state index contributed by atoms with van der Waals surface area (Å²) in [5.41, 5.74) is 0. The van der Waals surface area contributed by atoms with Crippen molar-refractivity contribution in [2.75, 3.05) is 0 Å². The summed E-state index contributed by atoms with van der Waals surface area (Å²) in [6, 6.07) is 0. The highest BCUT2D eigenvalue weighted by molar-refractivity contribution is 7.17. The number of rotatable bonds is 2. The molecule has 10 heavy (non-hydrogen) atoms. The van der Waals surface area contributed by atoms with Crippen molar-refractivity contribution in [3.63, 3.8) is 0 Å². The maximum Gasteiger partial charge on any atom is 0.328 e. The Labute approximate surface area is 61.2 Å². The minimum Gasteiger partial charge on any atom is -0.283 e. The number of hydrogen-bond donors (Lipinski definition) is 0. The Balaban J connectivity index is 2.54. The molecule has 0 saturated heterocycles. The second kappa shape index (κ2) is 4.15. The van der Waals surface area contributed by atoms with Crippen LogP contribution >= 0.6 is 8.69 Å². The highest BCUT2D eigenvalue weighted by Crippen LogP contribution is 2.07. The second-order valence-corrected chi connectivity index (χ2v) is 2.16. The van der Waals surface area contributed by atoms with Crippen molar-refractivity contribution in [3.05, 3.63) is 36.5 Å². The van der Waals surface area contributed by atoms with Gasteiger partial charge in [-0.2, -0.15) is 0 Å². The van der Waals surface area contributed by atoms with Crippen molar-refractivity contribution in [3.8, 4) is 0 Å². The first kappa shape index (κ1) is 7.39. The first-order valence-electron chi connectivity index (χ1n) is 2.93. The van der Waals surface area contributed by atoms with Gasteiger partial charge in [-0.15, -0.1) is 0 Å². The summed E-state index contributed by atoms with van der Waals surface area (Å²) in [6.07, 6.45) is 11.0. The summed E-state index contributed by atoms with van der Waals surface area (Å²) in [5.74, 6) is 0. The van der Waals surface area contributed by atoms with E-state index in [1.165, 1.54) is 0 Å². The molecule has 52 valence electrons. The molecule has 0 heterocycles. The zero-order valence-electron chi connectivity index (χ0n) is 5.31. The van der Waals surface area contributed by atoms with E-state index < -0.39 is 0 Å². The van der Waals surface area contributed by atoms with Crippen LogP contribution in [0.5, 0.6) is 0 Å². The van der Waals surface area contributed by atoms with Gasteiger partial charge in [0.15, 0.2) is 0 Å². The predicted molar refractivity (Wildman–Crippen MR) is 39.9 cm³/mol. The molecule has 0 saturated carbocycles. The Morgan fingerprint density at radius 2 is 1.70 bits per heavy atom. The van der Waals surface area contributed by atoms with E-state index >= 15 is 0 Å². The fourth-order valence-electron chi connectivity index (χ4n) is 0.660. The molecule has 0 spiro atoms. The van der Waals surface area contributed by atoms with E-state index in [1.54, 1.807) is 0 Å². The van der Waals surface area contributed by atoms with Crippen LogP contribution < -0.4 is 0 Å². The molecule has 1 aliphatic rings. The maximum absolute atomic E-state index is 9.97. The molecule has 0 aliphatic heterocycles. The molecule has 0 aromatic carbocycles. The Hall–Kier alpha value is -0.720. The molecule has 0 radical (unpaired) electrons. The van der Waals surface area contributed by atoms with E-state index in [1.807, 2.05) is 36.5 Å². The van der Waals surface area contributed by atoms with Gasteiger partial charge in [-0.1, -0.05) is 36.5 Å². The van der Waals surface area contributed by atoms with Gasteiger partial charge in [0, 0.05) is 0 Å². The SMILES string of the molecule is O=POC1C=CC=CC=C1. The fraction of sp³-hybridized carbons (Fsp3) is 0.143. The minimum atomic E-state index is -0.279. The number of hydrogen-bond acceptors (Lipinski definition) is 2. The quantitative estimate of drug-likeness (QED) is 0.570. The Morgan fingerprint density at radius 1 is 1.10 bits per heavy atom. The minimum absolute atomic E-state index is 0.158. The Bertz CT molecular complexity index is 178. The predicted octanol–water partition coefficient (Wildman–Crippen LogP) is 2.26. The maximum atomic E-state index is 9.97. The third kappa shape index (κ3) is 2.26. The van der Waals surface area contributed by atoms with E-state index in [2.05, 4.69) is 0 Å². The van der Waals surface area contributed by atoms with E-state index in [0.717, 1.165) is 0 Å². The topological polar surface area (TPSA) is 26.3 Å². The molecule has 1 rings (SSSR count). The monoisotopic (exact) mass is 154 g/mol. The Kier molecular flexibility index (Phi) is 3.07. The lowest BCUT2D eigenvalue weighted by atomic mass is 10.3. The van der Waals surface area contributed by atoms with Gasteiger partial charge >= 0.3 is 8.69 Å². The van der Waals surface area contributed by atoms with Crippen molar-refractivity contribution in [2.45, 2.75) is 6.10 Å². The van der Waals surface area contributed by atoms with Gasteiger partial charge in [0.2, 0.25) is 0 Å².